The Balaban J connectivity index is 1.67. The minimum absolute atomic E-state index is 0.182. The second-order valence-corrected chi connectivity index (χ2v) is 6.59. The van der Waals surface area contributed by atoms with Crippen LogP contribution in [0.15, 0.2) is 29.8 Å². The standard InChI is InChI=1S/C17H21N3OS/c1-3-14-13(2)22-12-15(14)17(21)20-10-8-19(9-11-20)16-6-4-5-7-18-16/h4-7,12H,3,8-11H2,1-2H3. The molecule has 0 radical (unpaired) electrons. The number of nitrogens with zero attached hydrogens (tertiary/aromatic N) is 3. The maximum atomic E-state index is 12.7. The average molecular weight is 315 g/mol. The molecule has 1 aliphatic rings. The minimum atomic E-state index is 0.182. The van der Waals surface area contributed by atoms with Gasteiger partial charge in [0.25, 0.3) is 5.91 Å². The molecular formula is C17H21N3OS. The number of pyridine rings is 1. The van der Waals surface area contributed by atoms with Gasteiger partial charge in [-0.05, 0) is 31.0 Å². The van der Waals surface area contributed by atoms with Gasteiger partial charge in [0.2, 0.25) is 0 Å². The maximum absolute atomic E-state index is 12.7. The van der Waals surface area contributed by atoms with Crippen molar-refractivity contribution in [2.45, 2.75) is 20.3 Å². The molecule has 0 aliphatic carbocycles. The molecule has 0 saturated carbocycles. The first-order valence-electron chi connectivity index (χ1n) is 7.73. The Morgan fingerprint density at radius 1 is 1.27 bits per heavy atom. The van der Waals surface area contributed by atoms with E-state index in [1.165, 1.54) is 10.4 Å². The Labute approximate surface area is 135 Å². The molecule has 4 nitrogen and oxygen atoms in total. The number of carbonyl (C=O) groups excluding carboxylic acids is 1. The summed E-state index contributed by atoms with van der Waals surface area (Å²) in [6, 6.07) is 5.95. The zero-order valence-corrected chi connectivity index (χ0v) is 13.9. The van der Waals surface area contributed by atoms with Gasteiger partial charge in [0.05, 0.1) is 5.56 Å². The predicted octanol–water partition coefficient (Wildman–Crippen LogP) is 2.98. The molecular weight excluding hydrogens is 294 g/mol. The summed E-state index contributed by atoms with van der Waals surface area (Å²) in [7, 11) is 0. The van der Waals surface area contributed by atoms with Crippen LogP contribution in [0.4, 0.5) is 5.82 Å². The summed E-state index contributed by atoms with van der Waals surface area (Å²) >= 11 is 1.68. The van der Waals surface area contributed by atoms with E-state index < -0.39 is 0 Å². The molecule has 0 bridgehead atoms. The molecule has 0 unspecified atom stereocenters. The van der Waals surface area contributed by atoms with Crippen molar-refractivity contribution in [3.05, 3.63) is 45.8 Å². The minimum Gasteiger partial charge on any atom is -0.353 e. The molecule has 0 atom stereocenters. The van der Waals surface area contributed by atoms with Gasteiger partial charge in [-0.2, -0.15) is 0 Å². The fraction of sp³-hybridized carbons (Fsp3) is 0.412. The van der Waals surface area contributed by atoms with Crippen LogP contribution in [0.1, 0.15) is 27.7 Å². The highest BCUT2D eigenvalue weighted by Gasteiger charge is 2.25. The van der Waals surface area contributed by atoms with Crippen LogP contribution in [-0.2, 0) is 6.42 Å². The molecule has 116 valence electrons. The van der Waals surface area contributed by atoms with E-state index in [-0.39, 0.29) is 5.91 Å². The lowest BCUT2D eigenvalue weighted by Crippen LogP contribution is -2.49. The van der Waals surface area contributed by atoms with Gasteiger partial charge in [-0.1, -0.05) is 13.0 Å². The first-order chi connectivity index (χ1) is 10.7. The Morgan fingerprint density at radius 2 is 2.05 bits per heavy atom. The molecule has 0 N–H and O–H groups in total. The van der Waals surface area contributed by atoms with Crippen LogP contribution in [-0.4, -0.2) is 42.0 Å². The topological polar surface area (TPSA) is 36.4 Å². The molecule has 2 aromatic rings. The molecule has 1 aliphatic heterocycles. The van der Waals surface area contributed by atoms with Crippen molar-refractivity contribution in [2.24, 2.45) is 0 Å². The first kappa shape index (κ1) is 15.0. The van der Waals surface area contributed by atoms with Crippen LogP contribution >= 0.6 is 11.3 Å². The van der Waals surface area contributed by atoms with Gasteiger partial charge in [0.15, 0.2) is 0 Å². The van der Waals surface area contributed by atoms with E-state index in [1.54, 1.807) is 11.3 Å². The van der Waals surface area contributed by atoms with E-state index in [9.17, 15) is 4.79 Å². The molecule has 1 saturated heterocycles. The monoisotopic (exact) mass is 315 g/mol. The zero-order valence-electron chi connectivity index (χ0n) is 13.1. The van der Waals surface area contributed by atoms with Crippen molar-refractivity contribution in [1.29, 1.82) is 0 Å². The van der Waals surface area contributed by atoms with Gasteiger partial charge >= 0.3 is 0 Å². The highest BCUT2D eigenvalue weighted by molar-refractivity contribution is 7.10. The Hall–Kier alpha value is -1.88. The summed E-state index contributed by atoms with van der Waals surface area (Å²) in [6.45, 7) is 7.41. The number of rotatable bonds is 3. The van der Waals surface area contributed by atoms with Crippen molar-refractivity contribution in [1.82, 2.24) is 9.88 Å². The van der Waals surface area contributed by atoms with E-state index >= 15 is 0 Å². The van der Waals surface area contributed by atoms with Crippen LogP contribution in [0, 0.1) is 6.92 Å². The third-order valence-electron chi connectivity index (χ3n) is 4.23. The van der Waals surface area contributed by atoms with Crippen LogP contribution in [0.5, 0.6) is 0 Å². The lowest BCUT2D eigenvalue weighted by atomic mass is 10.1. The molecule has 5 heteroatoms. The summed E-state index contributed by atoms with van der Waals surface area (Å²) in [6.07, 6.45) is 2.73. The van der Waals surface area contributed by atoms with E-state index in [2.05, 4.69) is 23.7 Å². The Bertz CT molecular complexity index is 645. The smallest absolute Gasteiger partial charge is 0.255 e. The summed E-state index contributed by atoms with van der Waals surface area (Å²) < 4.78 is 0. The number of carbonyl (C=O) groups is 1. The second kappa shape index (κ2) is 6.48. The Morgan fingerprint density at radius 3 is 2.68 bits per heavy atom. The van der Waals surface area contributed by atoms with E-state index in [1.807, 2.05) is 34.7 Å². The van der Waals surface area contributed by atoms with Crippen molar-refractivity contribution in [3.8, 4) is 0 Å². The summed E-state index contributed by atoms with van der Waals surface area (Å²) in [4.78, 5) is 22.6. The second-order valence-electron chi connectivity index (χ2n) is 5.50. The van der Waals surface area contributed by atoms with Crippen LogP contribution in [0.25, 0.3) is 0 Å². The van der Waals surface area contributed by atoms with Crippen LogP contribution in [0.3, 0.4) is 0 Å². The first-order valence-corrected chi connectivity index (χ1v) is 8.61. The SMILES string of the molecule is CCc1c(C(=O)N2CCN(c3ccccn3)CC2)csc1C. The summed E-state index contributed by atoms with van der Waals surface area (Å²) in [5.74, 6) is 1.18. The number of thiophene rings is 1. The van der Waals surface area contributed by atoms with Crippen LogP contribution < -0.4 is 4.90 Å². The molecule has 0 aromatic carbocycles. The van der Waals surface area contributed by atoms with Gasteiger partial charge in [-0.25, -0.2) is 4.98 Å². The number of amides is 1. The van der Waals surface area contributed by atoms with Crippen molar-refractivity contribution < 1.29 is 4.79 Å². The van der Waals surface area contributed by atoms with Gasteiger partial charge < -0.3 is 9.80 Å². The van der Waals surface area contributed by atoms with Gasteiger partial charge in [-0.3, -0.25) is 4.79 Å². The summed E-state index contributed by atoms with van der Waals surface area (Å²) in [5, 5.41) is 2.02. The third kappa shape index (κ3) is 2.86. The molecule has 22 heavy (non-hydrogen) atoms. The lowest BCUT2D eigenvalue weighted by Gasteiger charge is -2.35. The highest BCUT2D eigenvalue weighted by Crippen LogP contribution is 2.24. The van der Waals surface area contributed by atoms with Gasteiger partial charge in [-0.15, -0.1) is 11.3 Å². The largest absolute Gasteiger partial charge is 0.353 e. The number of piperazine rings is 1. The van der Waals surface area contributed by atoms with Crippen molar-refractivity contribution in [2.75, 3.05) is 31.1 Å². The molecule has 3 rings (SSSR count). The molecule has 1 amide bonds. The predicted molar refractivity (Wildman–Crippen MR) is 90.8 cm³/mol. The highest BCUT2D eigenvalue weighted by atomic mass is 32.1. The van der Waals surface area contributed by atoms with Gasteiger partial charge in [0.1, 0.15) is 5.82 Å². The van der Waals surface area contributed by atoms with Crippen molar-refractivity contribution in [3.63, 3.8) is 0 Å². The number of hydrogen-bond donors (Lipinski definition) is 0. The Kier molecular flexibility index (Phi) is 4.43. The number of hydrogen-bond acceptors (Lipinski definition) is 4. The number of anilines is 1. The van der Waals surface area contributed by atoms with Gasteiger partial charge in [0, 0.05) is 42.6 Å². The fourth-order valence-electron chi connectivity index (χ4n) is 2.95. The fourth-order valence-corrected chi connectivity index (χ4v) is 3.88. The summed E-state index contributed by atoms with van der Waals surface area (Å²) in [5.41, 5.74) is 2.11. The lowest BCUT2D eigenvalue weighted by molar-refractivity contribution is 0.0746. The van der Waals surface area contributed by atoms with Crippen LogP contribution in [0.2, 0.25) is 0 Å². The quantitative estimate of drug-likeness (QED) is 0.874. The van der Waals surface area contributed by atoms with E-state index in [0.717, 1.165) is 44.0 Å². The van der Waals surface area contributed by atoms with E-state index in [0.29, 0.717) is 0 Å². The zero-order chi connectivity index (χ0) is 15.5. The molecule has 1 fully saturated rings. The van der Waals surface area contributed by atoms with E-state index in [4.69, 9.17) is 0 Å². The molecule has 0 spiro atoms. The maximum Gasteiger partial charge on any atom is 0.255 e. The normalized spacial score (nSPS) is 15.2. The number of aromatic nitrogens is 1. The molecule has 2 aromatic heterocycles. The molecule has 3 heterocycles. The average Bonchev–Trinajstić information content (AvgIpc) is 2.96. The van der Waals surface area contributed by atoms with Crippen molar-refractivity contribution >= 4 is 23.1 Å². The third-order valence-corrected chi connectivity index (χ3v) is 5.18. The number of aryl methyl sites for hydroxylation is 1.